The summed E-state index contributed by atoms with van der Waals surface area (Å²) < 4.78 is 0. The normalized spacial score (nSPS) is 14.2. The third-order valence-corrected chi connectivity index (χ3v) is 4.87. The highest BCUT2D eigenvalue weighted by Gasteiger charge is 2.21. The Labute approximate surface area is 165 Å². The minimum absolute atomic E-state index is 0.757. The number of piperazine rings is 1. The summed E-state index contributed by atoms with van der Waals surface area (Å²) in [6, 6.07) is 14.3. The molecule has 0 atom stereocenters. The average molecular weight is 375 g/mol. The van der Waals surface area contributed by atoms with E-state index in [4.69, 9.17) is 4.98 Å². The molecule has 0 amide bonds. The van der Waals surface area contributed by atoms with Gasteiger partial charge in [-0.2, -0.15) is 4.98 Å². The molecule has 0 spiro atoms. The van der Waals surface area contributed by atoms with Gasteiger partial charge in [0.15, 0.2) is 0 Å². The van der Waals surface area contributed by atoms with Crippen LogP contribution < -0.4 is 14.7 Å². The molecule has 4 rings (SSSR count). The summed E-state index contributed by atoms with van der Waals surface area (Å²) >= 11 is 0. The fourth-order valence-electron chi connectivity index (χ4n) is 3.39. The van der Waals surface area contributed by atoms with Crippen molar-refractivity contribution in [2.45, 2.75) is 13.5 Å². The molecule has 1 fully saturated rings. The predicted molar refractivity (Wildman–Crippen MR) is 112 cm³/mol. The van der Waals surface area contributed by atoms with Crippen LogP contribution in [-0.4, -0.2) is 53.2 Å². The van der Waals surface area contributed by atoms with E-state index in [0.717, 1.165) is 56.1 Å². The number of aryl methyl sites for hydroxylation is 1. The monoisotopic (exact) mass is 375 g/mol. The smallest absolute Gasteiger partial charge is 0.227 e. The van der Waals surface area contributed by atoms with Gasteiger partial charge in [0.25, 0.3) is 0 Å². The van der Waals surface area contributed by atoms with E-state index < -0.39 is 0 Å². The van der Waals surface area contributed by atoms with Crippen LogP contribution in [0.25, 0.3) is 0 Å². The largest absolute Gasteiger partial charge is 0.353 e. The van der Waals surface area contributed by atoms with Gasteiger partial charge in [-0.1, -0.05) is 30.3 Å². The fraction of sp³-hybridized carbons (Fsp3) is 0.333. The minimum Gasteiger partial charge on any atom is -0.353 e. The zero-order valence-electron chi connectivity index (χ0n) is 16.4. The fourth-order valence-corrected chi connectivity index (χ4v) is 3.39. The molecule has 1 aromatic carbocycles. The molecule has 1 saturated heterocycles. The second-order valence-corrected chi connectivity index (χ2v) is 7.03. The van der Waals surface area contributed by atoms with Gasteiger partial charge in [-0.05, 0) is 18.6 Å². The molecule has 3 aromatic rings. The first kappa shape index (κ1) is 18.2. The maximum absolute atomic E-state index is 4.84. The molecule has 7 heteroatoms. The maximum Gasteiger partial charge on any atom is 0.227 e. The van der Waals surface area contributed by atoms with Crippen LogP contribution in [0.3, 0.4) is 0 Å². The molecule has 2 aromatic heterocycles. The Balaban J connectivity index is 1.45. The van der Waals surface area contributed by atoms with Gasteiger partial charge in [-0.3, -0.25) is 0 Å². The van der Waals surface area contributed by atoms with Crippen LogP contribution in [-0.2, 0) is 6.54 Å². The van der Waals surface area contributed by atoms with Crippen molar-refractivity contribution in [1.82, 2.24) is 19.9 Å². The zero-order chi connectivity index (χ0) is 19.3. The van der Waals surface area contributed by atoms with Crippen LogP contribution in [0.2, 0.25) is 0 Å². The van der Waals surface area contributed by atoms with Crippen molar-refractivity contribution in [1.29, 1.82) is 0 Å². The molecular weight excluding hydrogens is 350 g/mol. The van der Waals surface area contributed by atoms with E-state index in [9.17, 15) is 0 Å². The Bertz CT molecular complexity index is 893. The molecule has 0 saturated carbocycles. The van der Waals surface area contributed by atoms with Crippen LogP contribution in [0.1, 0.15) is 11.3 Å². The predicted octanol–water partition coefficient (Wildman–Crippen LogP) is 2.54. The first-order valence-electron chi connectivity index (χ1n) is 9.57. The Morgan fingerprint density at radius 2 is 1.57 bits per heavy atom. The zero-order valence-corrected chi connectivity index (χ0v) is 16.4. The van der Waals surface area contributed by atoms with Crippen molar-refractivity contribution in [3.8, 4) is 0 Å². The first-order chi connectivity index (χ1) is 13.7. The summed E-state index contributed by atoms with van der Waals surface area (Å²) in [5, 5.41) is 0. The summed E-state index contributed by atoms with van der Waals surface area (Å²) in [4.78, 5) is 24.8. The van der Waals surface area contributed by atoms with Crippen molar-refractivity contribution < 1.29 is 0 Å². The van der Waals surface area contributed by atoms with Gasteiger partial charge in [-0.15, -0.1) is 0 Å². The number of anilines is 3. The number of benzene rings is 1. The molecule has 0 aliphatic carbocycles. The maximum atomic E-state index is 4.84. The van der Waals surface area contributed by atoms with E-state index in [0.29, 0.717) is 0 Å². The standard InChI is InChI=1S/C21H25N7/c1-17-15-19(25-21(24-17)26(2)16-18-7-4-3-5-8-18)27-11-13-28(14-12-27)20-22-9-6-10-23-20/h3-10,15H,11-14,16H2,1-2H3. The van der Waals surface area contributed by atoms with Gasteiger partial charge in [0.05, 0.1) is 0 Å². The number of nitrogens with zero attached hydrogens (tertiary/aromatic N) is 7. The second-order valence-electron chi connectivity index (χ2n) is 7.03. The topological polar surface area (TPSA) is 61.3 Å². The highest BCUT2D eigenvalue weighted by atomic mass is 15.3. The van der Waals surface area contributed by atoms with Crippen LogP contribution in [0.15, 0.2) is 54.9 Å². The van der Waals surface area contributed by atoms with E-state index >= 15 is 0 Å². The lowest BCUT2D eigenvalue weighted by atomic mass is 10.2. The summed E-state index contributed by atoms with van der Waals surface area (Å²) in [5.74, 6) is 2.54. The molecule has 0 N–H and O–H groups in total. The minimum atomic E-state index is 0.757. The molecule has 7 nitrogen and oxygen atoms in total. The number of hydrogen-bond acceptors (Lipinski definition) is 7. The van der Waals surface area contributed by atoms with E-state index in [1.54, 1.807) is 12.4 Å². The molecule has 0 unspecified atom stereocenters. The van der Waals surface area contributed by atoms with Gasteiger partial charge in [0.1, 0.15) is 5.82 Å². The van der Waals surface area contributed by atoms with Crippen molar-refractivity contribution in [3.63, 3.8) is 0 Å². The molecule has 1 aliphatic heterocycles. The molecule has 3 heterocycles. The average Bonchev–Trinajstić information content (AvgIpc) is 2.75. The molecule has 1 aliphatic rings. The molecule has 0 bridgehead atoms. The van der Waals surface area contributed by atoms with Crippen molar-refractivity contribution in [2.75, 3.05) is 47.9 Å². The summed E-state index contributed by atoms with van der Waals surface area (Å²) in [6.07, 6.45) is 3.58. The first-order valence-corrected chi connectivity index (χ1v) is 9.57. The SMILES string of the molecule is Cc1cc(N2CCN(c3ncccn3)CC2)nc(N(C)Cc2ccccc2)n1. The highest BCUT2D eigenvalue weighted by molar-refractivity contribution is 5.47. The lowest BCUT2D eigenvalue weighted by molar-refractivity contribution is 0.633. The van der Waals surface area contributed by atoms with E-state index in [1.165, 1.54) is 5.56 Å². The quantitative estimate of drug-likeness (QED) is 0.679. The number of aromatic nitrogens is 4. The number of hydrogen-bond donors (Lipinski definition) is 0. The van der Waals surface area contributed by atoms with Crippen LogP contribution >= 0.6 is 0 Å². The molecule has 28 heavy (non-hydrogen) atoms. The molecule has 0 radical (unpaired) electrons. The molecular formula is C21H25N7. The Hall–Kier alpha value is -3.22. The van der Waals surface area contributed by atoms with Gasteiger partial charge in [0, 0.05) is 63.9 Å². The lowest BCUT2D eigenvalue weighted by Gasteiger charge is -2.35. The van der Waals surface area contributed by atoms with E-state index in [1.807, 2.05) is 26.1 Å². The van der Waals surface area contributed by atoms with Crippen molar-refractivity contribution in [2.24, 2.45) is 0 Å². The third kappa shape index (κ3) is 4.19. The Morgan fingerprint density at radius 1 is 0.893 bits per heavy atom. The Morgan fingerprint density at radius 3 is 2.29 bits per heavy atom. The van der Waals surface area contributed by atoms with Crippen molar-refractivity contribution in [3.05, 3.63) is 66.1 Å². The number of rotatable bonds is 5. The lowest BCUT2D eigenvalue weighted by Crippen LogP contribution is -2.47. The second kappa shape index (κ2) is 8.21. The van der Waals surface area contributed by atoms with Gasteiger partial charge in [0.2, 0.25) is 11.9 Å². The van der Waals surface area contributed by atoms with Gasteiger partial charge in [-0.25, -0.2) is 15.0 Å². The van der Waals surface area contributed by atoms with E-state index in [-0.39, 0.29) is 0 Å². The van der Waals surface area contributed by atoms with Crippen LogP contribution in [0, 0.1) is 6.92 Å². The van der Waals surface area contributed by atoms with Gasteiger partial charge < -0.3 is 14.7 Å². The van der Waals surface area contributed by atoms with Crippen LogP contribution in [0.4, 0.5) is 17.7 Å². The summed E-state index contributed by atoms with van der Waals surface area (Å²) in [5.41, 5.74) is 2.22. The molecule has 144 valence electrons. The van der Waals surface area contributed by atoms with Gasteiger partial charge >= 0.3 is 0 Å². The summed E-state index contributed by atoms with van der Waals surface area (Å²) in [7, 11) is 2.04. The van der Waals surface area contributed by atoms with E-state index in [2.05, 4.69) is 60.0 Å². The van der Waals surface area contributed by atoms with Crippen molar-refractivity contribution >= 4 is 17.7 Å². The summed E-state index contributed by atoms with van der Waals surface area (Å²) in [6.45, 7) is 6.33. The highest BCUT2D eigenvalue weighted by Crippen LogP contribution is 2.20. The van der Waals surface area contributed by atoms with Crippen LogP contribution in [0.5, 0.6) is 0 Å². The third-order valence-electron chi connectivity index (χ3n) is 4.87. The Kier molecular flexibility index (Phi) is 5.32.